The Balaban J connectivity index is 1.08. The van der Waals surface area contributed by atoms with Crippen molar-refractivity contribution in [3.8, 4) is 47.4 Å². The molecule has 5 rings (SSSR count). The highest BCUT2D eigenvalue weighted by atomic mass is 16.1. The van der Waals surface area contributed by atoms with Crippen molar-refractivity contribution in [2.45, 2.75) is 142 Å². The first-order chi connectivity index (χ1) is 32.1. The summed E-state index contributed by atoms with van der Waals surface area (Å²) < 4.78 is 0. The van der Waals surface area contributed by atoms with Crippen LogP contribution >= 0.6 is 0 Å². The van der Waals surface area contributed by atoms with Gasteiger partial charge in [-0.1, -0.05) is 189 Å². The van der Waals surface area contributed by atoms with Gasteiger partial charge in [-0.3, -0.25) is 4.79 Å². The minimum atomic E-state index is 0.645. The summed E-state index contributed by atoms with van der Waals surface area (Å²) in [5.41, 5.74) is 9.54. The average Bonchev–Trinajstić information content (AvgIpc) is 3.35. The zero-order valence-corrected chi connectivity index (χ0v) is 39.5. The first kappa shape index (κ1) is 49.8. The Morgan fingerprint density at radius 3 is 0.769 bits per heavy atom. The Hall–Kier alpha value is -6.19. The maximum atomic E-state index is 10.9. The molecule has 0 unspecified atom stereocenters. The third kappa shape index (κ3) is 20.5. The molecule has 0 fully saturated rings. The predicted octanol–water partition coefficient (Wildman–Crippen LogP) is 15.7. The van der Waals surface area contributed by atoms with E-state index < -0.39 is 0 Å². The average molecular weight is 858 g/mol. The van der Waals surface area contributed by atoms with Crippen molar-refractivity contribution >= 4 is 12.0 Å². The number of carbonyl (C=O) groups is 1. The van der Waals surface area contributed by atoms with Crippen LogP contribution in [0.5, 0.6) is 0 Å². The van der Waals surface area contributed by atoms with E-state index in [0.717, 1.165) is 63.9 Å². The molecule has 0 amide bonds. The molecule has 0 saturated carbocycles. The van der Waals surface area contributed by atoms with Gasteiger partial charge in [0.1, 0.15) is 6.29 Å². The lowest BCUT2D eigenvalue weighted by molar-refractivity contribution is 0.112. The van der Waals surface area contributed by atoms with Gasteiger partial charge < -0.3 is 4.90 Å². The van der Waals surface area contributed by atoms with Gasteiger partial charge in [-0.15, -0.1) is 0 Å². The number of hydrogen-bond acceptors (Lipinski definition) is 2. The van der Waals surface area contributed by atoms with Crippen LogP contribution in [0.2, 0.25) is 0 Å². The lowest BCUT2D eigenvalue weighted by atomic mass is 10.1. The van der Waals surface area contributed by atoms with E-state index >= 15 is 0 Å². The number of hydrogen-bond donors (Lipinski definition) is 0. The lowest BCUT2D eigenvalue weighted by Crippen LogP contribution is -2.25. The zero-order valence-electron chi connectivity index (χ0n) is 39.5. The van der Waals surface area contributed by atoms with Crippen molar-refractivity contribution in [1.82, 2.24) is 0 Å². The molecule has 0 spiro atoms. The van der Waals surface area contributed by atoms with Crippen molar-refractivity contribution in [3.05, 3.63) is 171 Å². The Bertz CT molecular complexity index is 2330. The summed E-state index contributed by atoms with van der Waals surface area (Å²) in [5, 5.41) is 0. The Labute approximate surface area is 394 Å². The monoisotopic (exact) mass is 858 g/mol. The fraction of sp³-hybridized carbons (Fsp3) is 0.381. The third-order valence-electron chi connectivity index (χ3n) is 11.9. The van der Waals surface area contributed by atoms with Crippen molar-refractivity contribution in [2.75, 3.05) is 18.0 Å². The molecule has 0 saturated heterocycles. The number of unbranched alkanes of at least 4 members (excludes halogenated alkanes) is 18. The minimum Gasteiger partial charge on any atom is -0.372 e. The standard InChI is InChI=1S/C63H71NO/c1-3-5-7-9-11-13-15-17-19-21-51-64(52-22-20-18-16-14-12-10-8-6-4-2)63-49-47-61(48-50-63)42-41-59-37-35-57(36-38-59)30-29-55-25-23-54(24-26-55)27-28-56-31-33-58(34-32-56)39-40-60-43-45-62(53-65)46-44-60/h23-26,31-38,43-50,53H,3-22,51-52H2,1-2H3. The van der Waals surface area contributed by atoms with Gasteiger partial charge in [0, 0.05) is 68.8 Å². The highest BCUT2D eigenvalue weighted by molar-refractivity contribution is 5.75. The van der Waals surface area contributed by atoms with E-state index in [1.54, 1.807) is 12.1 Å². The second-order valence-electron chi connectivity index (χ2n) is 17.4. The zero-order chi connectivity index (χ0) is 45.4. The number of benzene rings is 5. The maximum absolute atomic E-state index is 10.9. The summed E-state index contributed by atoms with van der Waals surface area (Å²) in [5.74, 6) is 26.1. The molecule has 5 aromatic rings. The summed E-state index contributed by atoms with van der Waals surface area (Å²) in [4.78, 5) is 13.5. The molecular weight excluding hydrogens is 787 g/mol. The van der Waals surface area contributed by atoms with Crippen molar-refractivity contribution in [1.29, 1.82) is 0 Å². The second-order valence-corrected chi connectivity index (χ2v) is 17.4. The molecule has 0 aliphatic rings. The number of carbonyl (C=O) groups excluding carboxylic acids is 1. The van der Waals surface area contributed by atoms with Crippen LogP contribution < -0.4 is 4.90 Å². The van der Waals surface area contributed by atoms with Crippen LogP contribution in [0.1, 0.15) is 197 Å². The molecule has 2 heteroatoms. The number of anilines is 1. The van der Waals surface area contributed by atoms with E-state index in [0.29, 0.717) is 5.56 Å². The number of rotatable bonds is 24. The molecule has 2 nitrogen and oxygen atoms in total. The van der Waals surface area contributed by atoms with Gasteiger partial charge in [0.2, 0.25) is 0 Å². The highest BCUT2D eigenvalue weighted by Gasteiger charge is 2.07. The highest BCUT2D eigenvalue weighted by Crippen LogP contribution is 2.20. The van der Waals surface area contributed by atoms with Crippen LogP contribution in [0.4, 0.5) is 5.69 Å². The van der Waals surface area contributed by atoms with E-state index in [2.05, 4.69) is 103 Å². The van der Waals surface area contributed by atoms with Crippen LogP contribution in [0.15, 0.2) is 121 Å². The summed E-state index contributed by atoms with van der Waals surface area (Å²) in [6.45, 7) is 6.88. The first-order valence-corrected chi connectivity index (χ1v) is 24.9. The molecule has 0 N–H and O–H groups in total. The maximum Gasteiger partial charge on any atom is 0.150 e. The topological polar surface area (TPSA) is 20.3 Å². The van der Waals surface area contributed by atoms with Crippen molar-refractivity contribution in [3.63, 3.8) is 0 Å². The van der Waals surface area contributed by atoms with Gasteiger partial charge in [0.15, 0.2) is 0 Å². The van der Waals surface area contributed by atoms with Crippen LogP contribution in [0.3, 0.4) is 0 Å². The third-order valence-corrected chi connectivity index (χ3v) is 11.9. The van der Waals surface area contributed by atoms with E-state index in [-0.39, 0.29) is 0 Å². The molecule has 0 aliphatic heterocycles. The fourth-order valence-electron chi connectivity index (χ4n) is 7.84. The quantitative estimate of drug-likeness (QED) is 0.0350. The molecule has 334 valence electrons. The van der Waals surface area contributed by atoms with E-state index in [1.165, 1.54) is 134 Å². The summed E-state index contributed by atoms with van der Waals surface area (Å²) in [6.07, 6.45) is 28.3. The molecule has 5 aromatic carbocycles. The van der Waals surface area contributed by atoms with Gasteiger partial charge in [-0.05, 0) is 122 Å². The molecule has 65 heavy (non-hydrogen) atoms. The lowest BCUT2D eigenvalue weighted by Gasteiger charge is -2.25. The molecule has 0 bridgehead atoms. The summed E-state index contributed by atoms with van der Waals surface area (Å²) in [7, 11) is 0. The SMILES string of the molecule is CCCCCCCCCCCCN(CCCCCCCCCCCC)c1ccc(C#Cc2ccc(C#Cc3ccc(C#Cc4ccc(C#Cc5ccc(C=O)cc5)cc4)cc3)cc2)cc1. The molecule has 0 heterocycles. The molecule has 0 aromatic heterocycles. The number of aldehydes is 1. The van der Waals surface area contributed by atoms with Gasteiger partial charge in [-0.2, -0.15) is 0 Å². The van der Waals surface area contributed by atoms with E-state index in [9.17, 15) is 4.79 Å². The van der Waals surface area contributed by atoms with E-state index in [4.69, 9.17) is 0 Å². The number of nitrogens with zero attached hydrogens (tertiary/aromatic N) is 1. The summed E-state index contributed by atoms with van der Waals surface area (Å²) >= 11 is 0. The smallest absolute Gasteiger partial charge is 0.150 e. The Kier molecular flexibility index (Phi) is 23.6. The van der Waals surface area contributed by atoms with E-state index in [1.807, 2.05) is 72.8 Å². The molecule has 0 atom stereocenters. The van der Waals surface area contributed by atoms with Crippen LogP contribution in [0.25, 0.3) is 0 Å². The Morgan fingerprint density at radius 2 is 0.523 bits per heavy atom. The molecular formula is C63H71NO. The van der Waals surface area contributed by atoms with Gasteiger partial charge in [0.25, 0.3) is 0 Å². The normalized spacial score (nSPS) is 10.3. The van der Waals surface area contributed by atoms with Crippen LogP contribution in [-0.4, -0.2) is 19.4 Å². The largest absolute Gasteiger partial charge is 0.372 e. The predicted molar refractivity (Wildman–Crippen MR) is 277 cm³/mol. The Morgan fingerprint density at radius 1 is 0.308 bits per heavy atom. The summed E-state index contributed by atoms with van der Waals surface area (Å²) in [6, 6.07) is 40.3. The molecule has 0 aliphatic carbocycles. The van der Waals surface area contributed by atoms with Crippen molar-refractivity contribution in [2.24, 2.45) is 0 Å². The minimum absolute atomic E-state index is 0.645. The second kappa shape index (κ2) is 30.8. The van der Waals surface area contributed by atoms with Crippen molar-refractivity contribution < 1.29 is 4.79 Å². The van der Waals surface area contributed by atoms with Gasteiger partial charge >= 0.3 is 0 Å². The van der Waals surface area contributed by atoms with Crippen LogP contribution in [-0.2, 0) is 0 Å². The van der Waals surface area contributed by atoms with Gasteiger partial charge in [0.05, 0.1) is 0 Å². The molecule has 0 radical (unpaired) electrons. The fourth-order valence-corrected chi connectivity index (χ4v) is 7.84. The van der Waals surface area contributed by atoms with Crippen LogP contribution in [0, 0.1) is 47.4 Å². The first-order valence-electron chi connectivity index (χ1n) is 24.9. The van der Waals surface area contributed by atoms with Gasteiger partial charge in [-0.25, -0.2) is 0 Å².